The van der Waals surface area contributed by atoms with Gasteiger partial charge in [0, 0.05) is 65.7 Å². The number of benzene rings is 2. The van der Waals surface area contributed by atoms with E-state index in [1.165, 1.54) is 5.56 Å². The average molecular weight is 477 g/mol. The molecule has 0 atom stereocenters. The zero-order valence-corrected chi connectivity index (χ0v) is 20.5. The molecular weight excluding hydrogens is 444 g/mol. The standard InChI is InChI=1S/C27H33ClN6/c1-20-4-6-22-24(8-11-30-26(22)18-20)32-13-16-34(15-3-2-10-29)17-14-33-25-9-12-31-27-19-21(28)5-7-23(25)27/h4-9,11-12,18-19H,2-3,10,13-17,29H2,1H3,(H,30,32)(H,31,33). The zero-order chi connectivity index (χ0) is 23.8. The van der Waals surface area contributed by atoms with Crippen LogP contribution in [0.2, 0.25) is 5.02 Å². The van der Waals surface area contributed by atoms with E-state index in [4.69, 9.17) is 17.3 Å². The van der Waals surface area contributed by atoms with Gasteiger partial charge in [0.25, 0.3) is 0 Å². The lowest BCUT2D eigenvalue weighted by molar-refractivity contribution is 0.289. The molecule has 0 saturated heterocycles. The van der Waals surface area contributed by atoms with Gasteiger partial charge in [-0.1, -0.05) is 23.7 Å². The predicted molar refractivity (Wildman–Crippen MR) is 145 cm³/mol. The fraction of sp³-hybridized carbons (Fsp3) is 0.333. The van der Waals surface area contributed by atoms with Gasteiger partial charge in [-0.2, -0.15) is 0 Å². The van der Waals surface area contributed by atoms with E-state index in [0.717, 1.165) is 85.3 Å². The minimum atomic E-state index is 0.702. The van der Waals surface area contributed by atoms with E-state index < -0.39 is 0 Å². The van der Waals surface area contributed by atoms with Gasteiger partial charge in [-0.25, -0.2) is 0 Å². The summed E-state index contributed by atoms with van der Waals surface area (Å²) >= 11 is 6.12. The number of hydrogen-bond acceptors (Lipinski definition) is 6. The molecule has 0 aliphatic rings. The number of nitrogens with one attached hydrogen (secondary N) is 2. The fourth-order valence-electron chi connectivity index (χ4n) is 4.20. The van der Waals surface area contributed by atoms with Crippen molar-refractivity contribution in [3.05, 3.63) is 71.5 Å². The van der Waals surface area contributed by atoms with Crippen LogP contribution in [-0.2, 0) is 0 Å². The van der Waals surface area contributed by atoms with E-state index in [0.29, 0.717) is 5.02 Å². The van der Waals surface area contributed by atoms with Crippen LogP contribution in [0, 0.1) is 6.92 Å². The van der Waals surface area contributed by atoms with Gasteiger partial charge in [-0.3, -0.25) is 14.9 Å². The van der Waals surface area contributed by atoms with Gasteiger partial charge in [-0.15, -0.1) is 0 Å². The number of aromatic nitrogens is 2. The molecule has 34 heavy (non-hydrogen) atoms. The summed E-state index contributed by atoms with van der Waals surface area (Å²) in [6.45, 7) is 7.48. The van der Waals surface area contributed by atoms with Crippen LogP contribution in [0.1, 0.15) is 18.4 Å². The maximum Gasteiger partial charge on any atom is 0.0737 e. The summed E-state index contributed by atoms with van der Waals surface area (Å²) < 4.78 is 0. The number of halogens is 1. The summed E-state index contributed by atoms with van der Waals surface area (Å²) in [7, 11) is 0. The summed E-state index contributed by atoms with van der Waals surface area (Å²) in [5.41, 5.74) is 11.1. The van der Waals surface area contributed by atoms with E-state index in [-0.39, 0.29) is 0 Å². The molecule has 0 bridgehead atoms. The largest absolute Gasteiger partial charge is 0.383 e. The van der Waals surface area contributed by atoms with Crippen molar-refractivity contribution < 1.29 is 0 Å². The third kappa shape index (κ3) is 6.35. The number of unbranched alkanes of at least 4 members (excludes halogenated alkanes) is 1. The summed E-state index contributed by atoms with van der Waals surface area (Å²) in [5.74, 6) is 0. The first kappa shape index (κ1) is 24.2. The Kier molecular flexibility index (Phi) is 8.52. The zero-order valence-electron chi connectivity index (χ0n) is 19.7. The number of aryl methyl sites for hydroxylation is 1. The topological polar surface area (TPSA) is 79.1 Å². The molecule has 0 aliphatic heterocycles. The molecule has 2 aromatic carbocycles. The van der Waals surface area contributed by atoms with Crippen LogP contribution in [0.25, 0.3) is 21.8 Å². The van der Waals surface area contributed by atoms with E-state index in [9.17, 15) is 0 Å². The quantitative estimate of drug-likeness (QED) is 0.240. The SMILES string of the molecule is Cc1ccc2c(NCCN(CCCCN)CCNc3ccnc4cc(Cl)ccc34)ccnc2c1. The maximum atomic E-state index is 6.12. The Hall–Kier alpha value is -2.93. The van der Waals surface area contributed by atoms with E-state index in [1.54, 1.807) is 0 Å². The van der Waals surface area contributed by atoms with Crippen LogP contribution in [0.4, 0.5) is 11.4 Å². The van der Waals surface area contributed by atoms with Gasteiger partial charge >= 0.3 is 0 Å². The molecule has 0 amide bonds. The number of hydrogen-bond donors (Lipinski definition) is 3. The Balaban J connectivity index is 1.35. The predicted octanol–water partition coefficient (Wildman–Crippen LogP) is 5.31. The third-order valence-electron chi connectivity index (χ3n) is 6.02. The highest BCUT2D eigenvalue weighted by Gasteiger charge is 2.08. The normalized spacial score (nSPS) is 11.4. The highest BCUT2D eigenvalue weighted by molar-refractivity contribution is 6.31. The summed E-state index contributed by atoms with van der Waals surface area (Å²) in [4.78, 5) is 11.4. The van der Waals surface area contributed by atoms with Gasteiger partial charge in [0.05, 0.1) is 11.0 Å². The highest BCUT2D eigenvalue weighted by atomic mass is 35.5. The van der Waals surface area contributed by atoms with Crippen molar-refractivity contribution in [3.63, 3.8) is 0 Å². The Labute approximate surface area is 206 Å². The molecule has 0 spiro atoms. The van der Waals surface area contributed by atoms with Crippen molar-refractivity contribution in [1.29, 1.82) is 0 Å². The Morgan fingerprint density at radius 1 is 0.794 bits per heavy atom. The van der Waals surface area contributed by atoms with Crippen molar-refractivity contribution in [2.45, 2.75) is 19.8 Å². The molecular formula is C27H33ClN6. The van der Waals surface area contributed by atoms with Crippen molar-refractivity contribution in [3.8, 4) is 0 Å². The molecule has 4 aromatic rings. The Morgan fingerprint density at radius 3 is 2.06 bits per heavy atom. The average Bonchev–Trinajstić information content (AvgIpc) is 2.83. The van der Waals surface area contributed by atoms with Crippen molar-refractivity contribution in [2.75, 3.05) is 49.9 Å². The lowest BCUT2D eigenvalue weighted by atomic mass is 10.1. The van der Waals surface area contributed by atoms with Crippen LogP contribution in [-0.4, -0.2) is 54.1 Å². The highest BCUT2D eigenvalue weighted by Crippen LogP contribution is 2.24. The fourth-order valence-corrected chi connectivity index (χ4v) is 4.37. The summed E-state index contributed by atoms with van der Waals surface area (Å²) in [6, 6.07) is 16.3. The molecule has 2 aromatic heterocycles. The number of rotatable bonds is 12. The molecule has 7 heteroatoms. The molecule has 6 nitrogen and oxygen atoms in total. The molecule has 0 radical (unpaired) electrons. The molecule has 0 unspecified atom stereocenters. The summed E-state index contributed by atoms with van der Waals surface area (Å²) in [5, 5.41) is 10.2. The van der Waals surface area contributed by atoms with E-state index >= 15 is 0 Å². The van der Waals surface area contributed by atoms with Crippen LogP contribution >= 0.6 is 11.6 Å². The maximum absolute atomic E-state index is 6.12. The van der Waals surface area contributed by atoms with Crippen LogP contribution in [0.15, 0.2) is 60.9 Å². The second kappa shape index (κ2) is 12.0. The second-order valence-corrected chi connectivity index (χ2v) is 9.03. The van der Waals surface area contributed by atoms with Gasteiger partial charge in [0.15, 0.2) is 0 Å². The third-order valence-corrected chi connectivity index (χ3v) is 6.25. The number of pyridine rings is 2. The number of fused-ring (bicyclic) bond motifs is 2. The summed E-state index contributed by atoms with van der Waals surface area (Å²) in [6.07, 6.45) is 5.84. The van der Waals surface area contributed by atoms with Gasteiger partial charge in [0.1, 0.15) is 0 Å². The number of nitrogens with zero attached hydrogens (tertiary/aromatic N) is 3. The molecule has 178 valence electrons. The van der Waals surface area contributed by atoms with Crippen molar-refractivity contribution in [1.82, 2.24) is 14.9 Å². The minimum Gasteiger partial charge on any atom is -0.383 e. The van der Waals surface area contributed by atoms with Crippen LogP contribution < -0.4 is 16.4 Å². The lowest BCUT2D eigenvalue weighted by Gasteiger charge is -2.23. The molecule has 2 heterocycles. The van der Waals surface area contributed by atoms with Gasteiger partial charge in [0.2, 0.25) is 0 Å². The minimum absolute atomic E-state index is 0.702. The first-order chi connectivity index (χ1) is 16.6. The molecule has 0 saturated carbocycles. The van der Waals surface area contributed by atoms with Gasteiger partial charge in [-0.05, 0) is 74.8 Å². The van der Waals surface area contributed by atoms with E-state index in [1.807, 2.05) is 36.7 Å². The number of nitrogens with two attached hydrogens (primary N) is 1. The number of anilines is 2. The second-order valence-electron chi connectivity index (χ2n) is 8.59. The Morgan fingerprint density at radius 2 is 1.41 bits per heavy atom. The van der Waals surface area contributed by atoms with Crippen molar-refractivity contribution >= 4 is 44.8 Å². The Bertz CT molecular complexity index is 1140. The van der Waals surface area contributed by atoms with Gasteiger partial charge < -0.3 is 16.4 Å². The first-order valence-corrected chi connectivity index (χ1v) is 12.3. The molecule has 0 fully saturated rings. The molecule has 4 N–H and O–H groups in total. The molecule has 0 aliphatic carbocycles. The smallest absolute Gasteiger partial charge is 0.0737 e. The van der Waals surface area contributed by atoms with Crippen LogP contribution in [0.5, 0.6) is 0 Å². The first-order valence-electron chi connectivity index (χ1n) is 11.9. The monoisotopic (exact) mass is 476 g/mol. The van der Waals surface area contributed by atoms with E-state index in [2.05, 4.69) is 56.7 Å². The van der Waals surface area contributed by atoms with Crippen molar-refractivity contribution in [2.24, 2.45) is 5.73 Å². The molecule has 4 rings (SSSR count). The van der Waals surface area contributed by atoms with Crippen LogP contribution in [0.3, 0.4) is 0 Å². The lowest BCUT2D eigenvalue weighted by Crippen LogP contribution is -2.34.